The molecule has 334 valence electrons. The van der Waals surface area contributed by atoms with Crippen molar-refractivity contribution in [3.05, 3.63) is 109 Å². The molecule has 0 saturated carbocycles. The summed E-state index contributed by atoms with van der Waals surface area (Å²) >= 11 is 0. The smallest absolute Gasteiger partial charge is 0.462 e. The number of ether oxygens (including phenoxy) is 2. The number of carbonyl (C=O) groups excluding carboxylic acids is 2. The molecule has 59 heavy (non-hydrogen) atoms. The van der Waals surface area contributed by atoms with Gasteiger partial charge in [-0.1, -0.05) is 149 Å². The van der Waals surface area contributed by atoms with Gasteiger partial charge in [0, 0.05) is 19.4 Å². The highest BCUT2D eigenvalue weighted by Gasteiger charge is 2.26. The van der Waals surface area contributed by atoms with E-state index in [4.69, 9.17) is 18.5 Å². The van der Waals surface area contributed by atoms with Gasteiger partial charge < -0.3 is 19.3 Å². The van der Waals surface area contributed by atoms with Crippen LogP contribution in [0.5, 0.6) is 0 Å². The quantitative estimate of drug-likeness (QED) is 0.0280. The van der Waals surface area contributed by atoms with Crippen LogP contribution >= 0.6 is 7.82 Å². The third-order valence-electron chi connectivity index (χ3n) is 8.58. The van der Waals surface area contributed by atoms with E-state index < -0.39 is 32.5 Å². The summed E-state index contributed by atoms with van der Waals surface area (Å²) in [6, 6.07) is 0. The summed E-state index contributed by atoms with van der Waals surface area (Å²) < 4.78 is 33.4. The van der Waals surface area contributed by atoms with Crippen molar-refractivity contribution in [1.82, 2.24) is 4.90 Å². The van der Waals surface area contributed by atoms with Crippen LogP contribution in [0.4, 0.5) is 0 Å². The molecule has 0 radical (unpaired) electrons. The number of unbranched alkanes of at least 4 members (excludes halogenated alkanes) is 7. The first kappa shape index (κ1) is 55.7. The minimum absolute atomic E-state index is 0.0167. The second-order valence-corrected chi connectivity index (χ2v) is 15.9. The van der Waals surface area contributed by atoms with Gasteiger partial charge in [-0.05, 0) is 104 Å². The maximum Gasteiger partial charge on any atom is 0.472 e. The molecule has 0 aromatic rings. The minimum atomic E-state index is -4.40. The highest BCUT2D eigenvalue weighted by atomic mass is 31.2. The average molecular weight is 842 g/mol. The summed E-state index contributed by atoms with van der Waals surface area (Å²) in [7, 11) is -0.776. The van der Waals surface area contributed by atoms with E-state index in [9.17, 15) is 19.0 Å². The summed E-state index contributed by atoms with van der Waals surface area (Å²) in [4.78, 5) is 37.0. The number of nitrogens with zero attached hydrogens (tertiary/aromatic N) is 1. The highest BCUT2D eigenvalue weighted by molar-refractivity contribution is 7.47. The maximum absolute atomic E-state index is 12.6. The van der Waals surface area contributed by atoms with Crippen LogP contribution in [0.25, 0.3) is 0 Å². The summed E-state index contributed by atoms with van der Waals surface area (Å²) in [5.74, 6) is -0.938. The molecular weight excluding hydrogens is 762 g/mol. The van der Waals surface area contributed by atoms with Crippen molar-refractivity contribution in [1.29, 1.82) is 0 Å². The van der Waals surface area contributed by atoms with Gasteiger partial charge in [0.25, 0.3) is 0 Å². The van der Waals surface area contributed by atoms with E-state index in [-0.39, 0.29) is 26.1 Å². The molecular formula is C49H80NO8P. The SMILES string of the molecule is CC/C=C\C/C=C\C/C=C\C/C=C\C/C=C\C/C=C\CCC(=O)OC(COC(=O)CCCCCC/C=C\C/C=C\C/C=C\CCCCC)COP(=O)(O)OCCN(C)C. The molecule has 0 fully saturated rings. The molecule has 0 aliphatic rings. The molecule has 10 heteroatoms. The number of carbonyl (C=O) groups is 2. The maximum atomic E-state index is 12.6. The van der Waals surface area contributed by atoms with Gasteiger partial charge in [0.1, 0.15) is 6.61 Å². The molecule has 0 aliphatic heterocycles. The van der Waals surface area contributed by atoms with Gasteiger partial charge in [-0.3, -0.25) is 18.6 Å². The van der Waals surface area contributed by atoms with Gasteiger partial charge in [0.05, 0.1) is 13.2 Å². The zero-order valence-electron chi connectivity index (χ0n) is 37.1. The molecule has 0 amide bonds. The van der Waals surface area contributed by atoms with Crippen molar-refractivity contribution in [2.24, 2.45) is 0 Å². The first-order valence-corrected chi connectivity index (χ1v) is 23.7. The fourth-order valence-electron chi connectivity index (χ4n) is 5.19. The topological polar surface area (TPSA) is 112 Å². The number of hydrogen-bond donors (Lipinski definition) is 1. The van der Waals surface area contributed by atoms with Crippen molar-refractivity contribution in [2.45, 2.75) is 148 Å². The Morgan fingerprint density at radius 1 is 0.542 bits per heavy atom. The Kier molecular flexibility index (Phi) is 40.4. The lowest BCUT2D eigenvalue weighted by Crippen LogP contribution is -2.29. The lowest BCUT2D eigenvalue weighted by molar-refractivity contribution is -0.161. The van der Waals surface area contributed by atoms with Crippen LogP contribution in [0.15, 0.2) is 109 Å². The Morgan fingerprint density at radius 2 is 1.00 bits per heavy atom. The van der Waals surface area contributed by atoms with Gasteiger partial charge >= 0.3 is 19.8 Å². The van der Waals surface area contributed by atoms with Crippen LogP contribution < -0.4 is 0 Å². The molecule has 0 heterocycles. The van der Waals surface area contributed by atoms with Crippen LogP contribution in [-0.4, -0.2) is 68.3 Å². The second-order valence-electron chi connectivity index (χ2n) is 14.5. The zero-order chi connectivity index (χ0) is 43.3. The minimum Gasteiger partial charge on any atom is -0.462 e. The fraction of sp³-hybridized carbons (Fsp3) is 0.592. The van der Waals surface area contributed by atoms with Gasteiger partial charge in [0.2, 0.25) is 0 Å². The second kappa shape index (κ2) is 42.8. The third-order valence-corrected chi connectivity index (χ3v) is 9.56. The Morgan fingerprint density at radius 3 is 1.49 bits per heavy atom. The van der Waals surface area contributed by atoms with E-state index >= 15 is 0 Å². The number of hydrogen-bond acceptors (Lipinski definition) is 8. The Bertz CT molecular complexity index is 1340. The van der Waals surface area contributed by atoms with Crippen LogP contribution in [0.3, 0.4) is 0 Å². The van der Waals surface area contributed by atoms with E-state index in [2.05, 4.69) is 111 Å². The number of allylic oxidation sites excluding steroid dienone is 18. The Labute approximate surface area is 359 Å². The molecule has 2 atom stereocenters. The fourth-order valence-corrected chi connectivity index (χ4v) is 5.93. The highest BCUT2D eigenvalue weighted by Crippen LogP contribution is 2.43. The number of rotatable bonds is 39. The molecule has 0 aromatic heterocycles. The summed E-state index contributed by atoms with van der Waals surface area (Å²) in [6.45, 7) is 4.04. The predicted molar refractivity (Wildman–Crippen MR) is 247 cm³/mol. The van der Waals surface area contributed by atoms with Crippen molar-refractivity contribution in [3.8, 4) is 0 Å². The van der Waals surface area contributed by atoms with Crippen molar-refractivity contribution in [2.75, 3.05) is 40.5 Å². The molecule has 0 saturated heterocycles. The Hall–Kier alpha value is -3.33. The number of phosphoric ester groups is 1. The van der Waals surface area contributed by atoms with E-state index in [0.29, 0.717) is 19.4 Å². The normalized spacial score (nSPS) is 14.4. The van der Waals surface area contributed by atoms with E-state index in [1.807, 2.05) is 26.2 Å². The monoisotopic (exact) mass is 842 g/mol. The zero-order valence-corrected chi connectivity index (χ0v) is 38.0. The van der Waals surface area contributed by atoms with Crippen LogP contribution in [-0.2, 0) is 32.7 Å². The number of likely N-dealkylation sites (N-methyl/N-ethyl adjacent to an activating group) is 1. The molecule has 9 nitrogen and oxygen atoms in total. The average Bonchev–Trinajstić information content (AvgIpc) is 3.20. The van der Waals surface area contributed by atoms with Gasteiger partial charge in [-0.25, -0.2) is 4.57 Å². The summed E-state index contributed by atoms with van der Waals surface area (Å²) in [5, 5.41) is 0. The third kappa shape index (κ3) is 44.1. The first-order valence-electron chi connectivity index (χ1n) is 22.2. The summed E-state index contributed by atoms with van der Waals surface area (Å²) in [5.41, 5.74) is 0. The lowest BCUT2D eigenvalue weighted by Gasteiger charge is -2.20. The molecule has 1 N–H and O–H groups in total. The van der Waals surface area contributed by atoms with Crippen molar-refractivity contribution < 1.29 is 37.6 Å². The van der Waals surface area contributed by atoms with Crippen LogP contribution in [0, 0.1) is 0 Å². The molecule has 0 rings (SSSR count). The van der Waals surface area contributed by atoms with Gasteiger partial charge in [-0.2, -0.15) is 0 Å². The Balaban J connectivity index is 4.48. The standard InChI is InChI=1S/C49H80NO8P/c1-5-7-9-11-13-15-17-19-21-23-24-26-28-30-32-34-36-38-40-42-49(52)58-47(46-57-59(53,54)56-44-43-50(3)4)45-55-48(51)41-39-37-35-33-31-29-27-25-22-20-18-16-14-12-10-8-6-2/h7,9,13-16,19-22,24,26-27,29-30,32,36,38,47H,5-6,8,10-12,17-18,23,25,28,31,33-35,37,39-46H2,1-4H3,(H,53,54)/b9-7-,15-13-,16-14-,21-19-,22-20-,26-24-,29-27-,32-30-,38-36-. The number of phosphoric acid groups is 1. The summed E-state index contributed by atoms with van der Waals surface area (Å²) in [6.07, 6.45) is 55.8. The molecule has 2 unspecified atom stereocenters. The van der Waals surface area contributed by atoms with Crippen LogP contribution in [0.1, 0.15) is 142 Å². The first-order chi connectivity index (χ1) is 28.7. The van der Waals surface area contributed by atoms with Crippen molar-refractivity contribution in [3.63, 3.8) is 0 Å². The van der Waals surface area contributed by atoms with Crippen LogP contribution in [0.2, 0.25) is 0 Å². The van der Waals surface area contributed by atoms with Crippen molar-refractivity contribution >= 4 is 19.8 Å². The van der Waals surface area contributed by atoms with E-state index in [1.54, 1.807) is 4.90 Å². The molecule has 0 aromatic carbocycles. The van der Waals surface area contributed by atoms with E-state index in [0.717, 1.165) is 77.0 Å². The molecule has 0 bridgehead atoms. The van der Waals surface area contributed by atoms with Gasteiger partial charge in [-0.15, -0.1) is 0 Å². The largest absolute Gasteiger partial charge is 0.472 e. The predicted octanol–water partition coefficient (Wildman–Crippen LogP) is 13.0. The number of esters is 2. The van der Waals surface area contributed by atoms with Gasteiger partial charge in [0.15, 0.2) is 6.10 Å². The van der Waals surface area contributed by atoms with E-state index in [1.165, 1.54) is 25.7 Å². The lowest BCUT2D eigenvalue weighted by atomic mass is 10.1. The molecule has 0 aliphatic carbocycles. The molecule has 0 spiro atoms.